The highest BCUT2D eigenvalue weighted by atomic mass is 35.5. The lowest BCUT2D eigenvalue weighted by molar-refractivity contribution is -0.121. The van der Waals surface area contributed by atoms with Crippen molar-refractivity contribution in [3.05, 3.63) is 0 Å². The summed E-state index contributed by atoms with van der Waals surface area (Å²) in [4.78, 5) is 27.9. The van der Waals surface area contributed by atoms with Crippen molar-refractivity contribution in [3.63, 3.8) is 0 Å². The van der Waals surface area contributed by atoms with Gasteiger partial charge < -0.3 is 20.4 Å². The molecule has 1 aliphatic rings. The van der Waals surface area contributed by atoms with Crippen LogP contribution in [0.4, 0.5) is 0 Å². The van der Waals surface area contributed by atoms with Gasteiger partial charge in [-0.15, -0.1) is 23.2 Å². The number of amides is 2. The van der Waals surface area contributed by atoms with Crippen LogP contribution in [-0.4, -0.2) is 85.7 Å². The first-order valence-corrected chi connectivity index (χ1v) is 10.8. The number of hydrogen-bond acceptors (Lipinski definition) is 4. The molecule has 0 saturated carbocycles. The van der Waals surface area contributed by atoms with Crippen LogP contribution in [-0.2, 0) is 9.59 Å². The standard InChI is InChI=1S/C18H34Cl2N4O2/c19-7-1-5-17(25)21-9-3-11-23-13-15-24(16-14-23)12-4-10-22-18(26)6-2-8-20/h1-16H2,(H,21,25)(H,22,26). The maximum Gasteiger partial charge on any atom is 0.220 e. The number of piperazine rings is 1. The monoisotopic (exact) mass is 408 g/mol. The van der Waals surface area contributed by atoms with E-state index in [0.29, 0.717) is 24.6 Å². The van der Waals surface area contributed by atoms with Crippen molar-refractivity contribution in [2.24, 2.45) is 0 Å². The summed E-state index contributed by atoms with van der Waals surface area (Å²) in [6, 6.07) is 0. The zero-order valence-electron chi connectivity index (χ0n) is 15.8. The molecule has 6 nitrogen and oxygen atoms in total. The van der Waals surface area contributed by atoms with Gasteiger partial charge in [0.1, 0.15) is 0 Å². The van der Waals surface area contributed by atoms with E-state index < -0.39 is 0 Å². The second-order valence-electron chi connectivity index (χ2n) is 6.68. The highest BCUT2D eigenvalue weighted by Gasteiger charge is 2.16. The van der Waals surface area contributed by atoms with E-state index in [4.69, 9.17) is 23.2 Å². The molecule has 2 N–H and O–H groups in total. The molecule has 8 heteroatoms. The van der Waals surface area contributed by atoms with Crippen molar-refractivity contribution >= 4 is 35.0 Å². The Bertz CT molecular complexity index is 355. The Morgan fingerprint density at radius 2 is 1.08 bits per heavy atom. The van der Waals surface area contributed by atoms with Crippen LogP contribution >= 0.6 is 23.2 Å². The number of hydrogen-bond donors (Lipinski definition) is 2. The average Bonchev–Trinajstić information content (AvgIpc) is 2.66. The first-order valence-electron chi connectivity index (χ1n) is 9.75. The first-order chi connectivity index (χ1) is 12.7. The third-order valence-electron chi connectivity index (χ3n) is 4.49. The average molecular weight is 409 g/mol. The Morgan fingerprint density at radius 1 is 0.692 bits per heavy atom. The van der Waals surface area contributed by atoms with E-state index in [-0.39, 0.29) is 11.8 Å². The van der Waals surface area contributed by atoms with Crippen LogP contribution in [0.15, 0.2) is 0 Å². The van der Waals surface area contributed by atoms with Crippen LogP contribution in [0.2, 0.25) is 0 Å². The summed E-state index contributed by atoms with van der Waals surface area (Å²) >= 11 is 11.2. The molecular formula is C18H34Cl2N4O2. The van der Waals surface area contributed by atoms with Gasteiger partial charge in [0.25, 0.3) is 0 Å². The van der Waals surface area contributed by atoms with E-state index in [2.05, 4.69) is 20.4 Å². The van der Waals surface area contributed by atoms with E-state index in [1.165, 1.54) is 0 Å². The molecule has 1 fully saturated rings. The van der Waals surface area contributed by atoms with E-state index >= 15 is 0 Å². The molecular weight excluding hydrogens is 375 g/mol. The molecule has 0 radical (unpaired) electrons. The third kappa shape index (κ3) is 11.9. The molecule has 152 valence electrons. The zero-order valence-corrected chi connectivity index (χ0v) is 17.3. The number of rotatable bonds is 14. The van der Waals surface area contributed by atoms with Crippen LogP contribution in [0.5, 0.6) is 0 Å². The molecule has 0 spiro atoms. The van der Waals surface area contributed by atoms with Crippen molar-refractivity contribution in [2.45, 2.75) is 38.5 Å². The summed E-state index contributed by atoms with van der Waals surface area (Å²) in [6.45, 7) is 7.82. The molecule has 0 unspecified atom stereocenters. The SMILES string of the molecule is O=C(CCCCl)NCCCN1CCN(CCCNC(=O)CCCCl)CC1. The summed E-state index contributed by atoms with van der Waals surface area (Å²) in [5.74, 6) is 1.28. The highest BCUT2D eigenvalue weighted by molar-refractivity contribution is 6.18. The molecule has 1 saturated heterocycles. The molecule has 2 amide bonds. The Labute approximate surface area is 167 Å². The lowest BCUT2D eigenvalue weighted by atomic mass is 10.2. The van der Waals surface area contributed by atoms with Crippen LogP contribution in [0.3, 0.4) is 0 Å². The van der Waals surface area contributed by atoms with Gasteiger partial charge >= 0.3 is 0 Å². The van der Waals surface area contributed by atoms with E-state index in [0.717, 1.165) is 78.0 Å². The van der Waals surface area contributed by atoms with Crippen molar-refractivity contribution in [1.82, 2.24) is 20.4 Å². The van der Waals surface area contributed by atoms with Gasteiger partial charge in [-0.1, -0.05) is 0 Å². The first kappa shape index (κ1) is 23.5. The molecule has 0 atom stereocenters. The summed E-state index contributed by atoms with van der Waals surface area (Å²) in [6.07, 6.45) is 4.51. The summed E-state index contributed by atoms with van der Waals surface area (Å²) in [5, 5.41) is 5.89. The Balaban J connectivity index is 1.96. The second kappa shape index (κ2) is 15.5. The van der Waals surface area contributed by atoms with Crippen molar-refractivity contribution in [2.75, 3.05) is 64.1 Å². The lowest BCUT2D eigenvalue weighted by Gasteiger charge is -2.34. The van der Waals surface area contributed by atoms with Crippen LogP contribution in [0.1, 0.15) is 38.5 Å². The maximum absolute atomic E-state index is 11.5. The normalized spacial score (nSPS) is 15.8. The van der Waals surface area contributed by atoms with Crippen molar-refractivity contribution < 1.29 is 9.59 Å². The van der Waals surface area contributed by atoms with E-state index in [9.17, 15) is 9.59 Å². The third-order valence-corrected chi connectivity index (χ3v) is 5.02. The minimum atomic E-state index is 0.102. The number of halogens is 2. The second-order valence-corrected chi connectivity index (χ2v) is 7.43. The number of alkyl halides is 2. The van der Waals surface area contributed by atoms with E-state index in [1.54, 1.807) is 0 Å². The number of nitrogens with one attached hydrogen (secondary N) is 2. The molecule has 1 rings (SSSR count). The Kier molecular flexibility index (Phi) is 14.0. The van der Waals surface area contributed by atoms with Gasteiger partial charge in [0.15, 0.2) is 0 Å². The molecule has 0 aromatic heterocycles. The van der Waals surface area contributed by atoms with Gasteiger partial charge in [0, 0.05) is 63.9 Å². The zero-order chi connectivity index (χ0) is 19.0. The minimum absolute atomic E-state index is 0.102. The number of carbonyl (C=O) groups is 2. The largest absolute Gasteiger partial charge is 0.356 e. The summed E-state index contributed by atoms with van der Waals surface area (Å²) < 4.78 is 0. The number of nitrogens with zero attached hydrogens (tertiary/aromatic N) is 2. The molecule has 0 aromatic carbocycles. The molecule has 26 heavy (non-hydrogen) atoms. The Hall–Kier alpha value is -0.560. The fourth-order valence-corrected chi connectivity index (χ4v) is 3.20. The van der Waals surface area contributed by atoms with Gasteiger partial charge in [-0.25, -0.2) is 0 Å². The number of carbonyl (C=O) groups excluding carboxylic acids is 2. The van der Waals surface area contributed by atoms with Gasteiger partial charge in [0.2, 0.25) is 11.8 Å². The fraction of sp³-hybridized carbons (Fsp3) is 0.889. The fourth-order valence-electron chi connectivity index (χ4n) is 2.93. The lowest BCUT2D eigenvalue weighted by Crippen LogP contribution is -2.47. The minimum Gasteiger partial charge on any atom is -0.356 e. The summed E-state index contributed by atoms with van der Waals surface area (Å²) in [5.41, 5.74) is 0. The summed E-state index contributed by atoms with van der Waals surface area (Å²) in [7, 11) is 0. The molecule has 1 aliphatic heterocycles. The Morgan fingerprint density at radius 3 is 1.42 bits per heavy atom. The predicted octanol–water partition coefficient (Wildman–Crippen LogP) is 1.65. The molecule has 1 heterocycles. The predicted molar refractivity (Wildman–Crippen MR) is 108 cm³/mol. The van der Waals surface area contributed by atoms with E-state index in [1.807, 2.05) is 0 Å². The van der Waals surface area contributed by atoms with Crippen molar-refractivity contribution in [3.8, 4) is 0 Å². The van der Waals surface area contributed by atoms with Gasteiger partial charge in [-0.05, 0) is 38.8 Å². The molecule has 0 aromatic rings. The smallest absolute Gasteiger partial charge is 0.220 e. The van der Waals surface area contributed by atoms with Crippen LogP contribution < -0.4 is 10.6 Å². The molecule has 0 aliphatic carbocycles. The van der Waals surface area contributed by atoms with Gasteiger partial charge in [-0.2, -0.15) is 0 Å². The van der Waals surface area contributed by atoms with Crippen molar-refractivity contribution in [1.29, 1.82) is 0 Å². The van der Waals surface area contributed by atoms with Crippen LogP contribution in [0, 0.1) is 0 Å². The maximum atomic E-state index is 11.5. The highest BCUT2D eigenvalue weighted by Crippen LogP contribution is 2.03. The van der Waals surface area contributed by atoms with Gasteiger partial charge in [-0.3, -0.25) is 9.59 Å². The van der Waals surface area contributed by atoms with Crippen LogP contribution in [0.25, 0.3) is 0 Å². The topological polar surface area (TPSA) is 64.7 Å². The quantitative estimate of drug-likeness (QED) is 0.338. The molecule has 0 bridgehead atoms. The van der Waals surface area contributed by atoms with Gasteiger partial charge in [0.05, 0.1) is 0 Å².